The standard InChI is InChI=1S/C18H29FN2/c1-3-16-8-6-5-7-13-21(16)18(17(20)4-2)14-9-11-15(19)12-10-14/h9-12,16-18H,3-8,13,20H2,1-2H3. The lowest BCUT2D eigenvalue weighted by Gasteiger charge is -2.40. The third-order valence-corrected chi connectivity index (χ3v) is 4.84. The maximum absolute atomic E-state index is 13.2. The highest BCUT2D eigenvalue weighted by Gasteiger charge is 2.31. The van der Waals surface area contributed by atoms with Crippen LogP contribution in [0.25, 0.3) is 0 Å². The van der Waals surface area contributed by atoms with Crippen LogP contribution in [0.2, 0.25) is 0 Å². The van der Waals surface area contributed by atoms with Crippen molar-refractivity contribution in [3.63, 3.8) is 0 Å². The van der Waals surface area contributed by atoms with Crippen LogP contribution in [0.15, 0.2) is 24.3 Å². The summed E-state index contributed by atoms with van der Waals surface area (Å²) >= 11 is 0. The van der Waals surface area contributed by atoms with Crippen molar-refractivity contribution in [1.29, 1.82) is 0 Å². The first-order valence-corrected chi connectivity index (χ1v) is 8.44. The molecule has 1 aromatic carbocycles. The third-order valence-electron chi connectivity index (χ3n) is 4.84. The van der Waals surface area contributed by atoms with Crippen molar-refractivity contribution in [2.24, 2.45) is 5.73 Å². The minimum Gasteiger partial charge on any atom is -0.326 e. The van der Waals surface area contributed by atoms with E-state index in [1.807, 2.05) is 12.1 Å². The summed E-state index contributed by atoms with van der Waals surface area (Å²) in [5, 5.41) is 0. The summed E-state index contributed by atoms with van der Waals surface area (Å²) in [6.07, 6.45) is 7.22. The molecular formula is C18H29FN2. The summed E-state index contributed by atoms with van der Waals surface area (Å²) in [5.41, 5.74) is 7.61. The number of hydrogen-bond donors (Lipinski definition) is 1. The lowest BCUT2D eigenvalue weighted by molar-refractivity contribution is 0.112. The van der Waals surface area contributed by atoms with Gasteiger partial charge >= 0.3 is 0 Å². The number of halogens is 1. The Hall–Kier alpha value is -0.930. The molecule has 0 spiro atoms. The highest BCUT2D eigenvalue weighted by molar-refractivity contribution is 5.22. The molecule has 0 amide bonds. The average Bonchev–Trinajstić information content (AvgIpc) is 2.74. The topological polar surface area (TPSA) is 29.3 Å². The predicted molar refractivity (Wildman–Crippen MR) is 86.7 cm³/mol. The van der Waals surface area contributed by atoms with E-state index in [9.17, 15) is 4.39 Å². The van der Waals surface area contributed by atoms with Gasteiger partial charge in [-0.05, 0) is 49.9 Å². The summed E-state index contributed by atoms with van der Waals surface area (Å²) in [5.74, 6) is -0.175. The van der Waals surface area contributed by atoms with Gasteiger partial charge in [-0.15, -0.1) is 0 Å². The first-order chi connectivity index (χ1) is 10.2. The number of benzene rings is 1. The molecule has 118 valence electrons. The van der Waals surface area contributed by atoms with Gasteiger partial charge in [-0.3, -0.25) is 4.90 Å². The van der Waals surface area contributed by atoms with Crippen LogP contribution < -0.4 is 5.73 Å². The Morgan fingerprint density at radius 1 is 1.19 bits per heavy atom. The summed E-state index contributed by atoms with van der Waals surface area (Å²) in [6, 6.07) is 7.84. The van der Waals surface area contributed by atoms with Crippen molar-refractivity contribution in [2.45, 2.75) is 70.5 Å². The minimum absolute atomic E-state index is 0.0996. The van der Waals surface area contributed by atoms with Crippen molar-refractivity contribution in [3.8, 4) is 0 Å². The molecule has 2 N–H and O–H groups in total. The zero-order chi connectivity index (χ0) is 15.2. The summed E-state index contributed by atoms with van der Waals surface area (Å²) in [7, 11) is 0. The normalized spacial score (nSPS) is 23.5. The van der Waals surface area contributed by atoms with E-state index in [-0.39, 0.29) is 17.9 Å². The first-order valence-electron chi connectivity index (χ1n) is 8.44. The maximum atomic E-state index is 13.2. The van der Waals surface area contributed by atoms with Crippen LogP contribution in [0.4, 0.5) is 4.39 Å². The van der Waals surface area contributed by atoms with Gasteiger partial charge in [-0.25, -0.2) is 4.39 Å². The van der Waals surface area contributed by atoms with E-state index in [2.05, 4.69) is 18.7 Å². The van der Waals surface area contributed by atoms with E-state index in [1.54, 1.807) is 12.1 Å². The molecule has 0 radical (unpaired) electrons. The lowest BCUT2D eigenvalue weighted by Crippen LogP contribution is -2.45. The van der Waals surface area contributed by atoms with Crippen LogP contribution in [0.3, 0.4) is 0 Å². The predicted octanol–water partition coefficient (Wildman–Crippen LogP) is 4.26. The molecule has 21 heavy (non-hydrogen) atoms. The Morgan fingerprint density at radius 2 is 1.90 bits per heavy atom. The Labute approximate surface area is 128 Å². The smallest absolute Gasteiger partial charge is 0.123 e. The molecule has 2 rings (SSSR count). The molecule has 0 bridgehead atoms. The van der Waals surface area contributed by atoms with Crippen LogP contribution in [-0.2, 0) is 0 Å². The minimum atomic E-state index is -0.175. The molecule has 3 atom stereocenters. The highest BCUT2D eigenvalue weighted by Crippen LogP contribution is 2.32. The lowest BCUT2D eigenvalue weighted by atomic mass is 9.93. The second-order valence-corrected chi connectivity index (χ2v) is 6.22. The van der Waals surface area contributed by atoms with Crippen LogP contribution in [0, 0.1) is 5.82 Å². The number of likely N-dealkylation sites (tertiary alicyclic amines) is 1. The Kier molecular flexibility index (Phi) is 6.19. The third kappa shape index (κ3) is 4.04. The highest BCUT2D eigenvalue weighted by atomic mass is 19.1. The van der Waals surface area contributed by atoms with Crippen molar-refractivity contribution in [1.82, 2.24) is 4.90 Å². The van der Waals surface area contributed by atoms with E-state index in [1.165, 1.54) is 25.7 Å². The molecule has 1 aliphatic heterocycles. The number of rotatable bonds is 5. The van der Waals surface area contributed by atoms with Gasteiger partial charge in [0.25, 0.3) is 0 Å². The fourth-order valence-corrected chi connectivity index (χ4v) is 3.57. The molecular weight excluding hydrogens is 263 g/mol. The van der Waals surface area contributed by atoms with Crippen molar-refractivity contribution < 1.29 is 4.39 Å². The van der Waals surface area contributed by atoms with Crippen LogP contribution in [0.5, 0.6) is 0 Å². The molecule has 3 unspecified atom stereocenters. The van der Waals surface area contributed by atoms with Gasteiger partial charge in [-0.1, -0.05) is 38.8 Å². The second kappa shape index (κ2) is 7.90. The van der Waals surface area contributed by atoms with Crippen LogP contribution in [0.1, 0.15) is 64.0 Å². The van der Waals surface area contributed by atoms with Crippen molar-refractivity contribution >= 4 is 0 Å². The fraction of sp³-hybridized carbons (Fsp3) is 0.667. The molecule has 2 nitrogen and oxygen atoms in total. The Morgan fingerprint density at radius 3 is 2.52 bits per heavy atom. The second-order valence-electron chi connectivity index (χ2n) is 6.22. The van der Waals surface area contributed by atoms with Crippen molar-refractivity contribution in [2.75, 3.05) is 6.54 Å². The Bertz CT molecular complexity index is 418. The molecule has 0 aromatic heterocycles. The molecule has 1 heterocycles. The number of nitrogens with zero attached hydrogens (tertiary/aromatic N) is 1. The molecule has 1 saturated heterocycles. The maximum Gasteiger partial charge on any atom is 0.123 e. The SMILES string of the molecule is CCC(N)C(c1ccc(F)cc1)N1CCCCCC1CC. The van der Waals surface area contributed by atoms with E-state index in [0.717, 1.165) is 24.9 Å². The number of nitrogens with two attached hydrogens (primary N) is 1. The van der Waals surface area contributed by atoms with E-state index in [4.69, 9.17) is 5.73 Å². The zero-order valence-corrected chi connectivity index (χ0v) is 13.4. The van der Waals surface area contributed by atoms with Gasteiger partial charge in [0.2, 0.25) is 0 Å². The van der Waals surface area contributed by atoms with Crippen LogP contribution in [-0.4, -0.2) is 23.5 Å². The number of hydrogen-bond acceptors (Lipinski definition) is 2. The summed E-state index contributed by atoms with van der Waals surface area (Å²) in [6.45, 7) is 5.51. The Balaban J connectivity index is 2.31. The zero-order valence-electron chi connectivity index (χ0n) is 13.4. The first kappa shape index (κ1) is 16.4. The van der Waals surface area contributed by atoms with Gasteiger partial charge in [0, 0.05) is 12.1 Å². The van der Waals surface area contributed by atoms with Gasteiger partial charge < -0.3 is 5.73 Å². The van der Waals surface area contributed by atoms with Gasteiger partial charge in [0.05, 0.1) is 6.04 Å². The van der Waals surface area contributed by atoms with E-state index >= 15 is 0 Å². The molecule has 3 heteroatoms. The van der Waals surface area contributed by atoms with E-state index in [0.29, 0.717) is 6.04 Å². The summed E-state index contributed by atoms with van der Waals surface area (Å²) < 4.78 is 13.2. The average molecular weight is 292 g/mol. The molecule has 0 saturated carbocycles. The van der Waals surface area contributed by atoms with Crippen LogP contribution >= 0.6 is 0 Å². The molecule has 1 aromatic rings. The van der Waals surface area contributed by atoms with Crippen molar-refractivity contribution in [3.05, 3.63) is 35.6 Å². The fourth-order valence-electron chi connectivity index (χ4n) is 3.57. The molecule has 1 fully saturated rings. The quantitative estimate of drug-likeness (QED) is 0.878. The monoisotopic (exact) mass is 292 g/mol. The summed E-state index contributed by atoms with van der Waals surface area (Å²) in [4.78, 5) is 2.59. The largest absolute Gasteiger partial charge is 0.326 e. The van der Waals surface area contributed by atoms with E-state index < -0.39 is 0 Å². The van der Waals surface area contributed by atoms with Gasteiger partial charge in [0.1, 0.15) is 5.82 Å². The molecule has 0 aliphatic carbocycles. The van der Waals surface area contributed by atoms with Gasteiger partial charge in [0.15, 0.2) is 0 Å². The van der Waals surface area contributed by atoms with Gasteiger partial charge in [-0.2, -0.15) is 0 Å². The molecule has 1 aliphatic rings.